The minimum atomic E-state index is -0.843. The van der Waals surface area contributed by atoms with Crippen LogP contribution in [0, 0.1) is 0 Å². The molecule has 0 aromatic rings. The number of amides is 1. The van der Waals surface area contributed by atoms with E-state index in [1.165, 1.54) is 340 Å². The molecule has 0 aliphatic carbocycles. The Kier molecular flexibility index (Phi) is 74.9. The molecule has 0 saturated carbocycles. The maximum absolute atomic E-state index is 12.5. The second-order valence-electron chi connectivity index (χ2n) is 27.0. The number of ether oxygens (including phenoxy) is 1. The van der Waals surface area contributed by atoms with E-state index >= 15 is 0 Å². The van der Waals surface area contributed by atoms with E-state index in [4.69, 9.17) is 4.74 Å². The van der Waals surface area contributed by atoms with Crippen molar-refractivity contribution in [2.45, 2.75) is 437 Å². The van der Waals surface area contributed by atoms with Crippen LogP contribution in [0.5, 0.6) is 0 Å². The van der Waals surface area contributed by atoms with Crippen molar-refractivity contribution in [3.05, 3.63) is 60.8 Å². The molecular weight excluding hydrogens is 1080 g/mol. The van der Waals surface area contributed by atoms with Gasteiger partial charge in [0.1, 0.15) is 0 Å². The Morgan fingerprint density at radius 3 is 0.875 bits per heavy atom. The maximum atomic E-state index is 12.5. The van der Waals surface area contributed by atoms with Crippen LogP contribution in [0.3, 0.4) is 0 Å². The highest BCUT2D eigenvalue weighted by Crippen LogP contribution is 2.19. The topological polar surface area (TPSA) is 95.9 Å². The van der Waals surface area contributed by atoms with Gasteiger partial charge < -0.3 is 20.3 Å². The van der Waals surface area contributed by atoms with E-state index in [0.717, 1.165) is 57.8 Å². The molecule has 0 aliphatic heterocycles. The van der Waals surface area contributed by atoms with Crippen LogP contribution in [0.2, 0.25) is 0 Å². The molecular formula is C82H153NO5. The molecule has 0 radical (unpaired) electrons. The van der Waals surface area contributed by atoms with Gasteiger partial charge in [0.2, 0.25) is 5.91 Å². The SMILES string of the molecule is CCCCCC/C=C\C/C=C\CCCCCCCCCC(=O)OCCCCCCCCCCCCCCC/C=C\C/C=C\CCCCCCCCCCCCCCCCCCCC(=O)NC(CO)C(O)/C=C/CCCCCCCCCCCCCCCC. The van der Waals surface area contributed by atoms with Crippen LogP contribution in [0.1, 0.15) is 425 Å². The first-order valence-electron chi connectivity index (χ1n) is 39.6. The van der Waals surface area contributed by atoms with Gasteiger partial charge in [0.15, 0.2) is 0 Å². The lowest BCUT2D eigenvalue weighted by atomic mass is 10.0. The van der Waals surface area contributed by atoms with Crippen molar-refractivity contribution < 1.29 is 24.5 Å². The minimum absolute atomic E-state index is 0.0114. The Morgan fingerprint density at radius 1 is 0.318 bits per heavy atom. The third-order valence-electron chi connectivity index (χ3n) is 18.3. The lowest BCUT2D eigenvalue weighted by molar-refractivity contribution is -0.143. The van der Waals surface area contributed by atoms with Gasteiger partial charge in [0, 0.05) is 12.8 Å². The normalized spacial score (nSPS) is 12.8. The molecule has 0 rings (SSSR count). The van der Waals surface area contributed by atoms with Crippen LogP contribution < -0.4 is 5.32 Å². The van der Waals surface area contributed by atoms with Gasteiger partial charge >= 0.3 is 5.97 Å². The predicted molar refractivity (Wildman–Crippen MR) is 389 cm³/mol. The average molecular weight is 1230 g/mol. The summed E-state index contributed by atoms with van der Waals surface area (Å²) < 4.78 is 5.51. The highest BCUT2D eigenvalue weighted by molar-refractivity contribution is 5.76. The number of carbonyl (C=O) groups excluding carboxylic acids is 2. The third-order valence-corrected chi connectivity index (χ3v) is 18.3. The molecule has 0 heterocycles. The van der Waals surface area contributed by atoms with E-state index in [-0.39, 0.29) is 18.5 Å². The van der Waals surface area contributed by atoms with E-state index in [1.807, 2.05) is 6.08 Å². The summed E-state index contributed by atoms with van der Waals surface area (Å²) in [4.78, 5) is 24.6. The smallest absolute Gasteiger partial charge is 0.305 e. The Balaban J connectivity index is 3.37. The summed E-state index contributed by atoms with van der Waals surface area (Å²) in [6, 6.07) is -0.627. The van der Waals surface area contributed by atoms with E-state index in [1.54, 1.807) is 6.08 Å². The first-order valence-corrected chi connectivity index (χ1v) is 39.6. The number of rotatable bonds is 74. The molecule has 6 heteroatoms. The zero-order valence-electron chi connectivity index (χ0n) is 59.2. The number of nitrogens with one attached hydrogen (secondary N) is 1. The minimum Gasteiger partial charge on any atom is -0.466 e. The molecule has 0 aromatic heterocycles. The first-order chi connectivity index (χ1) is 43.5. The Labute approximate surface area is 549 Å². The molecule has 6 nitrogen and oxygen atoms in total. The van der Waals surface area contributed by atoms with Gasteiger partial charge in [0.25, 0.3) is 0 Å². The molecule has 0 saturated heterocycles. The van der Waals surface area contributed by atoms with Gasteiger partial charge in [-0.3, -0.25) is 9.59 Å². The zero-order chi connectivity index (χ0) is 63.5. The highest BCUT2D eigenvalue weighted by atomic mass is 16.5. The van der Waals surface area contributed by atoms with Gasteiger partial charge in [-0.15, -0.1) is 0 Å². The Bertz CT molecular complexity index is 1520. The molecule has 2 atom stereocenters. The van der Waals surface area contributed by atoms with Crippen LogP contribution in [0.4, 0.5) is 0 Å². The van der Waals surface area contributed by atoms with Crippen molar-refractivity contribution in [1.29, 1.82) is 0 Å². The molecule has 1 amide bonds. The van der Waals surface area contributed by atoms with Crippen molar-refractivity contribution in [3.8, 4) is 0 Å². The second-order valence-corrected chi connectivity index (χ2v) is 27.0. The van der Waals surface area contributed by atoms with E-state index < -0.39 is 12.1 Å². The van der Waals surface area contributed by atoms with Crippen LogP contribution >= 0.6 is 0 Å². The van der Waals surface area contributed by atoms with E-state index in [2.05, 4.69) is 67.8 Å². The van der Waals surface area contributed by atoms with Crippen molar-refractivity contribution in [3.63, 3.8) is 0 Å². The lowest BCUT2D eigenvalue weighted by Gasteiger charge is -2.20. The summed E-state index contributed by atoms with van der Waals surface area (Å²) in [6.07, 6.45) is 103. The van der Waals surface area contributed by atoms with E-state index in [9.17, 15) is 19.8 Å². The zero-order valence-corrected chi connectivity index (χ0v) is 59.2. The fourth-order valence-corrected chi connectivity index (χ4v) is 12.2. The first kappa shape index (κ1) is 85.6. The third kappa shape index (κ3) is 72.6. The monoisotopic (exact) mass is 1230 g/mol. The average Bonchev–Trinajstić information content (AvgIpc) is 3.59. The number of aliphatic hydroxyl groups excluding tert-OH is 2. The maximum Gasteiger partial charge on any atom is 0.305 e. The number of hydrogen-bond donors (Lipinski definition) is 3. The molecule has 0 aliphatic rings. The number of allylic oxidation sites excluding steroid dienone is 9. The number of carbonyl (C=O) groups is 2. The highest BCUT2D eigenvalue weighted by Gasteiger charge is 2.18. The largest absolute Gasteiger partial charge is 0.466 e. The van der Waals surface area contributed by atoms with Crippen LogP contribution in [0.15, 0.2) is 60.8 Å². The number of unbranched alkanes of at least 4 members (excludes halogenated alkanes) is 55. The van der Waals surface area contributed by atoms with Crippen molar-refractivity contribution in [1.82, 2.24) is 5.32 Å². The standard InChI is InChI=1S/C82H153NO5/c1-3-5-7-9-11-13-15-17-19-21-44-48-52-56-60-64-68-72-76-82(87)88-77-73-69-65-61-57-53-49-45-42-40-38-36-34-32-30-28-26-24-22-23-25-27-29-31-33-35-37-39-41-43-47-51-55-59-63-67-71-75-81(86)83-79(78-84)80(85)74-70-66-62-58-54-50-46-20-18-16-14-12-10-8-6-4-2/h13,15,19,21-22,24,28,30,70,74,79-80,84-85H,3-12,14,16-18,20,23,25-27,29,31-69,71-73,75-78H2,1-2H3,(H,83,86)/b15-13-,21-19-,24-22-,30-28-,74-70+. The number of esters is 1. The summed E-state index contributed by atoms with van der Waals surface area (Å²) in [5.74, 6) is -0.0514. The fraction of sp³-hybridized carbons (Fsp3) is 0.854. The molecule has 0 spiro atoms. The van der Waals surface area contributed by atoms with Gasteiger partial charge in [-0.2, -0.15) is 0 Å². The van der Waals surface area contributed by atoms with Crippen LogP contribution in [0.25, 0.3) is 0 Å². The fourth-order valence-electron chi connectivity index (χ4n) is 12.2. The van der Waals surface area contributed by atoms with Crippen molar-refractivity contribution in [2.75, 3.05) is 13.2 Å². The number of aliphatic hydroxyl groups is 2. The Hall–Kier alpha value is -2.44. The molecule has 2 unspecified atom stereocenters. The summed E-state index contributed by atoms with van der Waals surface area (Å²) in [5.41, 5.74) is 0. The molecule has 0 aromatic carbocycles. The quantitative estimate of drug-likeness (QED) is 0.0320. The van der Waals surface area contributed by atoms with Crippen molar-refractivity contribution >= 4 is 11.9 Å². The lowest BCUT2D eigenvalue weighted by Crippen LogP contribution is -2.45. The molecule has 0 bridgehead atoms. The Morgan fingerprint density at radius 2 is 0.568 bits per heavy atom. The summed E-state index contributed by atoms with van der Waals surface area (Å²) in [7, 11) is 0. The van der Waals surface area contributed by atoms with Gasteiger partial charge in [-0.25, -0.2) is 0 Å². The molecule has 88 heavy (non-hydrogen) atoms. The van der Waals surface area contributed by atoms with Crippen LogP contribution in [-0.2, 0) is 14.3 Å². The van der Waals surface area contributed by atoms with Crippen LogP contribution in [-0.4, -0.2) is 47.4 Å². The summed E-state index contributed by atoms with van der Waals surface area (Å²) in [5, 5.41) is 23.2. The van der Waals surface area contributed by atoms with Crippen molar-refractivity contribution in [2.24, 2.45) is 0 Å². The predicted octanol–water partition coefficient (Wildman–Crippen LogP) is 26.2. The van der Waals surface area contributed by atoms with E-state index in [0.29, 0.717) is 19.4 Å². The summed E-state index contributed by atoms with van der Waals surface area (Å²) in [6.45, 7) is 4.92. The number of hydrogen-bond acceptors (Lipinski definition) is 5. The summed E-state index contributed by atoms with van der Waals surface area (Å²) >= 11 is 0. The van der Waals surface area contributed by atoms with Gasteiger partial charge in [0.05, 0.1) is 25.4 Å². The second kappa shape index (κ2) is 77.0. The molecule has 0 fully saturated rings. The molecule has 516 valence electrons. The van der Waals surface area contributed by atoms with Gasteiger partial charge in [-0.1, -0.05) is 376 Å². The molecule has 3 N–H and O–H groups in total. The van der Waals surface area contributed by atoms with Gasteiger partial charge in [-0.05, 0) is 96.3 Å².